The molecule has 0 radical (unpaired) electrons. The Bertz CT molecular complexity index is 480. The van der Waals surface area contributed by atoms with Gasteiger partial charge in [-0.1, -0.05) is 11.3 Å². The van der Waals surface area contributed by atoms with Crippen LogP contribution in [0.3, 0.4) is 0 Å². The third-order valence-corrected chi connectivity index (χ3v) is 3.22. The number of nitrogen functional groups attached to an aromatic ring is 1. The van der Waals surface area contributed by atoms with Crippen LogP contribution in [0.25, 0.3) is 10.2 Å². The summed E-state index contributed by atoms with van der Waals surface area (Å²) in [5.41, 5.74) is 7.09. The summed E-state index contributed by atoms with van der Waals surface area (Å²) in [6, 6.07) is 1.71. The van der Waals surface area contributed by atoms with Crippen molar-refractivity contribution in [3.8, 4) is 0 Å². The van der Waals surface area contributed by atoms with E-state index in [0.717, 1.165) is 5.56 Å². The van der Waals surface area contributed by atoms with Crippen molar-refractivity contribution in [1.82, 2.24) is 4.98 Å². The Hall–Kier alpha value is -0.680. The van der Waals surface area contributed by atoms with E-state index in [9.17, 15) is 4.39 Å². The van der Waals surface area contributed by atoms with E-state index in [0.29, 0.717) is 19.8 Å². The Labute approximate surface area is 86.7 Å². The number of benzene rings is 1. The van der Waals surface area contributed by atoms with Crippen LogP contribution in [0.2, 0.25) is 0 Å². The zero-order valence-electron chi connectivity index (χ0n) is 6.77. The molecule has 0 spiro atoms. The van der Waals surface area contributed by atoms with Crippen molar-refractivity contribution < 1.29 is 4.39 Å². The third-order valence-electron chi connectivity index (χ3n) is 1.77. The maximum absolute atomic E-state index is 13.5. The first-order chi connectivity index (χ1) is 6.09. The van der Waals surface area contributed by atoms with Gasteiger partial charge >= 0.3 is 0 Å². The number of nitrogens with two attached hydrogens (primary N) is 1. The maximum atomic E-state index is 13.5. The van der Waals surface area contributed by atoms with E-state index in [-0.39, 0.29) is 5.82 Å². The van der Waals surface area contributed by atoms with Crippen LogP contribution >= 0.6 is 27.3 Å². The van der Waals surface area contributed by atoms with Gasteiger partial charge in [0.15, 0.2) is 10.9 Å². The molecule has 2 rings (SSSR count). The minimum atomic E-state index is -0.283. The third kappa shape index (κ3) is 1.32. The predicted octanol–water partition coefficient (Wildman–Crippen LogP) is 3.09. The molecular formula is C8H6BrFN2S. The molecule has 2 aromatic rings. The summed E-state index contributed by atoms with van der Waals surface area (Å²) in [5.74, 6) is -0.283. The summed E-state index contributed by atoms with van der Waals surface area (Å²) < 4.78 is 14.4. The van der Waals surface area contributed by atoms with Gasteiger partial charge in [-0.3, -0.25) is 0 Å². The van der Waals surface area contributed by atoms with Crippen molar-refractivity contribution in [1.29, 1.82) is 0 Å². The van der Waals surface area contributed by atoms with Crippen LogP contribution < -0.4 is 5.73 Å². The Kier molecular flexibility index (Phi) is 2.00. The maximum Gasteiger partial charge on any atom is 0.181 e. The second-order valence-corrected chi connectivity index (χ2v) is 4.60. The van der Waals surface area contributed by atoms with Crippen LogP contribution in [-0.4, -0.2) is 4.98 Å². The number of aromatic nitrogens is 1. The summed E-state index contributed by atoms with van der Waals surface area (Å²) in [7, 11) is 0. The van der Waals surface area contributed by atoms with Gasteiger partial charge in [-0.05, 0) is 34.5 Å². The monoisotopic (exact) mass is 260 g/mol. The molecule has 2 N–H and O–H groups in total. The molecule has 0 bridgehead atoms. The van der Waals surface area contributed by atoms with Crippen LogP contribution in [0, 0.1) is 12.7 Å². The quantitative estimate of drug-likeness (QED) is 0.791. The molecule has 0 amide bonds. The summed E-state index contributed by atoms with van der Waals surface area (Å²) in [6.07, 6.45) is 0. The Morgan fingerprint density at radius 3 is 3.00 bits per heavy atom. The second kappa shape index (κ2) is 2.92. The molecule has 2 nitrogen and oxygen atoms in total. The van der Waals surface area contributed by atoms with Gasteiger partial charge in [-0.2, -0.15) is 0 Å². The number of aryl methyl sites for hydroxylation is 1. The summed E-state index contributed by atoms with van der Waals surface area (Å²) in [5, 5.41) is 0.398. The average molecular weight is 261 g/mol. The number of anilines is 1. The zero-order valence-corrected chi connectivity index (χ0v) is 9.17. The molecule has 1 heterocycles. The lowest BCUT2D eigenvalue weighted by molar-refractivity contribution is 0.635. The van der Waals surface area contributed by atoms with Crippen LogP contribution in [0.5, 0.6) is 0 Å². The number of fused-ring (bicyclic) bond motifs is 1. The average Bonchev–Trinajstić information content (AvgIpc) is 2.44. The van der Waals surface area contributed by atoms with Gasteiger partial charge in [0.25, 0.3) is 0 Å². The summed E-state index contributed by atoms with van der Waals surface area (Å²) in [4.78, 5) is 4.05. The van der Waals surface area contributed by atoms with Gasteiger partial charge in [-0.15, -0.1) is 0 Å². The van der Waals surface area contributed by atoms with Crippen molar-refractivity contribution in [3.05, 3.63) is 21.9 Å². The van der Waals surface area contributed by atoms with Crippen LogP contribution in [0.15, 0.2) is 10.5 Å². The van der Waals surface area contributed by atoms with Crippen molar-refractivity contribution >= 4 is 42.6 Å². The normalized spacial score (nSPS) is 11.0. The molecule has 0 unspecified atom stereocenters. The highest BCUT2D eigenvalue weighted by molar-refractivity contribution is 9.10. The molecule has 0 aliphatic rings. The molecule has 0 aliphatic heterocycles. The summed E-state index contributed by atoms with van der Waals surface area (Å²) in [6.45, 7) is 1.88. The van der Waals surface area contributed by atoms with Gasteiger partial charge in [0.05, 0.1) is 14.7 Å². The largest absolute Gasteiger partial charge is 0.375 e. The lowest BCUT2D eigenvalue weighted by Gasteiger charge is -1.97. The van der Waals surface area contributed by atoms with E-state index < -0.39 is 0 Å². The number of nitrogens with zero attached hydrogens (tertiary/aromatic N) is 1. The van der Waals surface area contributed by atoms with Crippen LogP contribution in [0.1, 0.15) is 5.56 Å². The number of halogens is 2. The van der Waals surface area contributed by atoms with Crippen molar-refractivity contribution in [2.75, 3.05) is 5.73 Å². The van der Waals surface area contributed by atoms with E-state index in [4.69, 9.17) is 5.73 Å². The number of thiazole rings is 1. The first-order valence-electron chi connectivity index (χ1n) is 3.60. The number of hydrogen-bond acceptors (Lipinski definition) is 3. The van der Waals surface area contributed by atoms with E-state index >= 15 is 0 Å². The molecule has 68 valence electrons. The fourth-order valence-electron chi connectivity index (χ4n) is 1.18. The molecule has 0 atom stereocenters. The van der Waals surface area contributed by atoms with Gasteiger partial charge in [0, 0.05) is 0 Å². The second-order valence-electron chi connectivity index (χ2n) is 2.72. The van der Waals surface area contributed by atoms with Gasteiger partial charge in [-0.25, -0.2) is 9.37 Å². The SMILES string of the molecule is Cc1cc(Br)c(F)c2sc(N)nc12. The lowest BCUT2D eigenvalue weighted by atomic mass is 10.2. The van der Waals surface area contributed by atoms with E-state index in [1.807, 2.05) is 6.92 Å². The standard InChI is InChI=1S/C8H6BrFN2S/c1-3-2-4(9)5(10)7-6(3)12-8(11)13-7/h2H,1H3,(H2,11,12). The Morgan fingerprint density at radius 1 is 1.62 bits per heavy atom. The van der Waals surface area contributed by atoms with E-state index in [1.54, 1.807) is 6.07 Å². The van der Waals surface area contributed by atoms with Crippen LogP contribution in [-0.2, 0) is 0 Å². The molecular weight excluding hydrogens is 255 g/mol. The molecule has 0 fully saturated rings. The highest BCUT2D eigenvalue weighted by Gasteiger charge is 2.12. The fourth-order valence-corrected chi connectivity index (χ4v) is 2.70. The fraction of sp³-hybridized carbons (Fsp3) is 0.125. The Balaban J connectivity index is 2.95. The smallest absolute Gasteiger partial charge is 0.181 e. The van der Waals surface area contributed by atoms with Gasteiger partial charge in [0.1, 0.15) is 0 Å². The minimum absolute atomic E-state index is 0.283. The first-order valence-corrected chi connectivity index (χ1v) is 5.21. The number of rotatable bonds is 0. The van der Waals surface area contributed by atoms with Crippen LogP contribution in [0.4, 0.5) is 9.52 Å². The zero-order chi connectivity index (χ0) is 9.59. The predicted molar refractivity (Wildman–Crippen MR) is 56.4 cm³/mol. The number of hydrogen-bond donors (Lipinski definition) is 1. The minimum Gasteiger partial charge on any atom is -0.375 e. The first kappa shape index (κ1) is 8.90. The van der Waals surface area contributed by atoms with Crippen molar-refractivity contribution in [2.45, 2.75) is 6.92 Å². The highest BCUT2D eigenvalue weighted by atomic mass is 79.9. The molecule has 1 aromatic heterocycles. The van der Waals surface area contributed by atoms with E-state index in [2.05, 4.69) is 20.9 Å². The molecule has 13 heavy (non-hydrogen) atoms. The van der Waals surface area contributed by atoms with Gasteiger partial charge in [0.2, 0.25) is 0 Å². The molecule has 0 saturated heterocycles. The van der Waals surface area contributed by atoms with Crippen molar-refractivity contribution in [2.24, 2.45) is 0 Å². The topological polar surface area (TPSA) is 38.9 Å². The van der Waals surface area contributed by atoms with E-state index in [1.165, 1.54) is 11.3 Å². The van der Waals surface area contributed by atoms with Crippen molar-refractivity contribution in [3.63, 3.8) is 0 Å². The summed E-state index contributed by atoms with van der Waals surface area (Å²) >= 11 is 4.31. The van der Waals surface area contributed by atoms with Gasteiger partial charge < -0.3 is 5.73 Å². The molecule has 0 aliphatic carbocycles. The molecule has 0 saturated carbocycles. The highest BCUT2D eigenvalue weighted by Crippen LogP contribution is 2.32. The Morgan fingerprint density at radius 2 is 2.31 bits per heavy atom. The lowest BCUT2D eigenvalue weighted by Crippen LogP contribution is -1.84. The molecule has 5 heteroatoms. The molecule has 1 aromatic carbocycles.